The molecule has 0 saturated heterocycles. The Morgan fingerprint density at radius 3 is 2.14 bits per heavy atom. The van der Waals surface area contributed by atoms with E-state index in [4.69, 9.17) is 5.11 Å². The zero-order chi connectivity index (χ0) is 10.8. The van der Waals surface area contributed by atoms with Gasteiger partial charge in [0.2, 0.25) is 5.91 Å². The van der Waals surface area contributed by atoms with Crippen LogP contribution in [0.5, 0.6) is 0 Å². The molecule has 0 atom stereocenters. The average molecular weight is 195 g/mol. The second-order valence-electron chi connectivity index (χ2n) is 2.86. The molecule has 1 aromatic carbocycles. The molecule has 2 N–H and O–H groups in total. The number of nitrogens with one attached hydrogen (secondary N) is 1. The Morgan fingerprint density at radius 1 is 1.36 bits per heavy atom. The summed E-state index contributed by atoms with van der Waals surface area (Å²) >= 11 is 0. The van der Waals surface area contributed by atoms with Crippen molar-refractivity contribution in [2.75, 3.05) is 13.2 Å². The van der Waals surface area contributed by atoms with E-state index in [-0.39, 0.29) is 12.5 Å². The van der Waals surface area contributed by atoms with E-state index in [1.165, 1.54) is 12.5 Å². The molecule has 0 bridgehead atoms. The molecule has 1 rings (SSSR count). The fourth-order valence-electron chi connectivity index (χ4n) is 0.766. The largest absolute Gasteiger partial charge is 0.395 e. The molecule has 3 nitrogen and oxygen atoms in total. The molecule has 3 heteroatoms. The lowest BCUT2D eigenvalue weighted by atomic mass is 10.2. The van der Waals surface area contributed by atoms with Crippen LogP contribution in [0.1, 0.15) is 12.5 Å². The summed E-state index contributed by atoms with van der Waals surface area (Å²) in [6, 6.07) is 10.3. The summed E-state index contributed by atoms with van der Waals surface area (Å²) in [5.41, 5.74) is 1.32. The highest BCUT2D eigenvalue weighted by atomic mass is 16.3. The van der Waals surface area contributed by atoms with Gasteiger partial charge in [-0.25, -0.2) is 0 Å². The molecular formula is C11H17NO2. The Balaban J connectivity index is 0.000000241. The van der Waals surface area contributed by atoms with E-state index >= 15 is 0 Å². The Kier molecular flexibility index (Phi) is 7.46. The molecule has 0 aromatic heterocycles. The van der Waals surface area contributed by atoms with Crippen molar-refractivity contribution in [3.63, 3.8) is 0 Å². The lowest BCUT2D eigenvalue weighted by molar-refractivity contribution is -0.119. The number of benzene rings is 1. The van der Waals surface area contributed by atoms with Crippen molar-refractivity contribution in [2.24, 2.45) is 0 Å². The number of hydrogen-bond donors (Lipinski definition) is 2. The molecule has 0 aliphatic rings. The van der Waals surface area contributed by atoms with Gasteiger partial charge in [-0.05, 0) is 6.92 Å². The van der Waals surface area contributed by atoms with Crippen molar-refractivity contribution < 1.29 is 9.90 Å². The topological polar surface area (TPSA) is 49.3 Å². The first kappa shape index (κ1) is 12.7. The Morgan fingerprint density at radius 2 is 1.93 bits per heavy atom. The normalized spacial score (nSPS) is 8.50. The van der Waals surface area contributed by atoms with Crippen molar-refractivity contribution in [1.82, 2.24) is 5.32 Å². The number of amides is 1. The molecule has 0 spiro atoms. The monoisotopic (exact) mass is 195 g/mol. The lowest BCUT2D eigenvalue weighted by Crippen LogP contribution is -2.22. The highest BCUT2D eigenvalue weighted by Gasteiger charge is 1.83. The van der Waals surface area contributed by atoms with E-state index in [2.05, 4.69) is 24.4 Å². The van der Waals surface area contributed by atoms with Gasteiger partial charge in [-0.2, -0.15) is 0 Å². The zero-order valence-electron chi connectivity index (χ0n) is 8.66. The Labute approximate surface area is 84.8 Å². The third kappa shape index (κ3) is 8.74. The zero-order valence-corrected chi connectivity index (χ0v) is 8.66. The smallest absolute Gasteiger partial charge is 0.216 e. The molecule has 0 saturated carbocycles. The molecule has 14 heavy (non-hydrogen) atoms. The van der Waals surface area contributed by atoms with Gasteiger partial charge >= 0.3 is 0 Å². The van der Waals surface area contributed by atoms with Gasteiger partial charge in [-0.1, -0.05) is 35.9 Å². The van der Waals surface area contributed by atoms with Crippen LogP contribution in [0.3, 0.4) is 0 Å². The number of aliphatic hydroxyl groups excluding tert-OH is 1. The summed E-state index contributed by atoms with van der Waals surface area (Å²) < 4.78 is 0. The van der Waals surface area contributed by atoms with E-state index in [9.17, 15) is 4.79 Å². The maximum absolute atomic E-state index is 9.98. The van der Waals surface area contributed by atoms with Gasteiger partial charge in [0, 0.05) is 13.5 Å². The Hall–Kier alpha value is -1.35. The van der Waals surface area contributed by atoms with Crippen LogP contribution in [-0.2, 0) is 4.79 Å². The number of carbonyl (C=O) groups excluding carboxylic acids is 1. The highest BCUT2D eigenvalue weighted by Crippen LogP contribution is 1.92. The fourth-order valence-corrected chi connectivity index (χ4v) is 0.766. The van der Waals surface area contributed by atoms with Crippen LogP contribution in [0, 0.1) is 6.92 Å². The predicted octanol–water partition coefficient (Wildman–Crippen LogP) is 1.11. The summed E-state index contributed by atoms with van der Waals surface area (Å²) in [4.78, 5) is 9.98. The highest BCUT2D eigenvalue weighted by molar-refractivity contribution is 5.72. The summed E-state index contributed by atoms with van der Waals surface area (Å²) in [7, 11) is 0. The van der Waals surface area contributed by atoms with Gasteiger partial charge in [-0.3, -0.25) is 4.79 Å². The van der Waals surface area contributed by atoms with Crippen LogP contribution in [0.2, 0.25) is 0 Å². The number of aliphatic hydroxyl groups is 1. The SMILES string of the molecule is CC(=O)NCCO.Cc1ccccc1. The first-order valence-corrected chi connectivity index (χ1v) is 4.53. The van der Waals surface area contributed by atoms with E-state index in [1.807, 2.05) is 18.2 Å². The molecule has 0 aliphatic heterocycles. The quantitative estimate of drug-likeness (QED) is 0.742. The molecule has 0 heterocycles. The molecule has 0 unspecified atom stereocenters. The summed E-state index contributed by atoms with van der Waals surface area (Å²) in [6.07, 6.45) is 0. The predicted molar refractivity (Wildman–Crippen MR) is 56.9 cm³/mol. The maximum atomic E-state index is 9.98. The van der Waals surface area contributed by atoms with Crippen molar-refractivity contribution in [1.29, 1.82) is 0 Å². The van der Waals surface area contributed by atoms with Crippen LogP contribution in [0.25, 0.3) is 0 Å². The standard InChI is InChI=1S/C7H8.C4H9NO2/c1-7-5-3-2-4-6-7;1-4(7)5-2-3-6/h2-6H,1H3;6H,2-3H2,1H3,(H,5,7). The number of carbonyl (C=O) groups is 1. The van der Waals surface area contributed by atoms with Gasteiger partial charge in [0.05, 0.1) is 6.61 Å². The maximum Gasteiger partial charge on any atom is 0.216 e. The summed E-state index contributed by atoms with van der Waals surface area (Å²) in [5, 5.41) is 10.5. The summed E-state index contributed by atoms with van der Waals surface area (Å²) in [5.74, 6) is -0.103. The van der Waals surface area contributed by atoms with Crippen LogP contribution in [0.15, 0.2) is 30.3 Å². The second-order valence-corrected chi connectivity index (χ2v) is 2.86. The van der Waals surface area contributed by atoms with Crippen LogP contribution >= 0.6 is 0 Å². The number of hydrogen-bond acceptors (Lipinski definition) is 2. The number of rotatable bonds is 2. The lowest BCUT2D eigenvalue weighted by Gasteiger charge is -1.93. The molecule has 0 radical (unpaired) electrons. The van der Waals surface area contributed by atoms with Gasteiger partial charge in [-0.15, -0.1) is 0 Å². The molecule has 78 valence electrons. The molecule has 0 aliphatic carbocycles. The molecule has 1 amide bonds. The van der Waals surface area contributed by atoms with Gasteiger partial charge < -0.3 is 10.4 Å². The first-order chi connectivity index (χ1) is 6.66. The van der Waals surface area contributed by atoms with Crippen molar-refractivity contribution in [2.45, 2.75) is 13.8 Å². The minimum atomic E-state index is -0.103. The van der Waals surface area contributed by atoms with Gasteiger partial charge in [0.15, 0.2) is 0 Å². The van der Waals surface area contributed by atoms with Crippen LogP contribution in [0.4, 0.5) is 0 Å². The minimum absolute atomic E-state index is 0.0135. The van der Waals surface area contributed by atoms with Gasteiger partial charge in [0.25, 0.3) is 0 Å². The molecule has 1 aromatic rings. The van der Waals surface area contributed by atoms with E-state index in [0.717, 1.165) is 0 Å². The fraction of sp³-hybridized carbons (Fsp3) is 0.364. The van der Waals surface area contributed by atoms with E-state index < -0.39 is 0 Å². The summed E-state index contributed by atoms with van der Waals surface area (Å²) in [6.45, 7) is 3.87. The van der Waals surface area contributed by atoms with Crippen LogP contribution in [-0.4, -0.2) is 24.2 Å². The average Bonchev–Trinajstić information content (AvgIpc) is 2.17. The van der Waals surface area contributed by atoms with E-state index in [1.54, 1.807) is 0 Å². The minimum Gasteiger partial charge on any atom is -0.395 e. The second kappa shape index (κ2) is 8.26. The van der Waals surface area contributed by atoms with Crippen molar-refractivity contribution in [3.8, 4) is 0 Å². The van der Waals surface area contributed by atoms with E-state index in [0.29, 0.717) is 6.54 Å². The third-order valence-corrected chi connectivity index (χ3v) is 1.43. The Bertz CT molecular complexity index is 247. The molecular weight excluding hydrogens is 178 g/mol. The first-order valence-electron chi connectivity index (χ1n) is 4.53. The van der Waals surface area contributed by atoms with Gasteiger partial charge in [0.1, 0.15) is 0 Å². The molecule has 0 fully saturated rings. The van der Waals surface area contributed by atoms with Crippen LogP contribution < -0.4 is 5.32 Å². The third-order valence-electron chi connectivity index (χ3n) is 1.43. The number of aryl methyl sites for hydroxylation is 1. The van der Waals surface area contributed by atoms with Crippen molar-refractivity contribution in [3.05, 3.63) is 35.9 Å². The van der Waals surface area contributed by atoms with Crippen molar-refractivity contribution >= 4 is 5.91 Å².